The molecule has 0 aliphatic carbocycles. The number of benzene rings is 3. The van der Waals surface area contributed by atoms with Gasteiger partial charge in [-0.2, -0.15) is 0 Å². The zero-order valence-corrected chi connectivity index (χ0v) is 20.8. The summed E-state index contributed by atoms with van der Waals surface area (Å²) >= 11 is 0. The normalized spacial score (nSPS) is 11.4. The molecular weight excluding hydrogens is 442 g/mol. The third-order valence-corrected chi connectivity index (χ3v) is 5.99. The molecule has 4 aromatic rings. The molecule has 1 aromatic heterocycles. The third-order valence-electron chi connectivity index (χ3n) is 5.99. The minimum Gasteiger partial charge on any atom is -0.496 e. The summed E-state index contributed by atoms with van der Waals surface area (Å²) in [5, 5.41) is 3.84. The third kappa shape index (κ3) is 4.87. The Balaban J connectivity index is 1.69. The van der Waals surface area contributed by atoms with Crippen LogP contribution in [0.1, 0.15) is 23.6 Å². The lowest BCUT2D eigenvalue weighted by Crippen LogP contribution is -2.09. The van der Waals surface area contributed by atoms with E-state index in [-0.39, 0.29) is 5.91 Å². The molecule has 0 fully saturated rings. The summed E-state index contributed by atoms with van der Waals surface area (Å²) in [6.45, 7) is 6.05. The molecule has 1 amide bonds. The quantitative estimate of drug-likeness (QED) is 0.301. The van der Waals surface area contributed by atoms with Gasteiger partial charge in [-0.15, -0.1) is 0 Å². The second-order valence-corrected chi connectivity index (χ2v) is 8.40. The molecule has 0 aliphatic rings. The molecule has 1 N–H and O–H groups in total. The minimum atomic E-state index is -0.265. The number of carbonyl (C=O) groups excluding carboxylic acids is 1. The fourth-order valence-corrected chi connectivity index (χ4v) is 4.22. The van der Waals surface area contributed by atoms with Gasteiger partial charge in [-0.1, -0.05) is 23.8 Å². The largest absolute Gasteiger partial charge is 0.496 e. The first-order valence-electron chi connectivity index (χ1n) is 11.2. The summed E-state index contributed by atoms with van der Waals surface area (Å²) in [5.41, 5.74) is 7.40. The number of ether oxygens (including phenoxy) is 3. The lowest BCUT2D eigenvalue weighted by Gasteiger charge is -2.12. The van der Waals surface area contributed by atoms with Gasteiger partial charge in [0.15, 0.2) is 11.5 Å². The van der Waals surface area contributed by atoms with Gasteiger partial charge in [-0.25, -0.2) is 0 Å². The van der Waals surface area contributed by atoms with Gasteiger partial charge < -0.3 is 23.9 Å². The van der Waals surface area contributed by atoms with Crippen LogP contribution in [0.3, 0.4) is 0 Å². The van der Waals surface area contributed by atoms with E-state index in [9.17, 15) is 4.79 Å². The van der Waals surface area contributed by atoms with E-state index in [1.165, 1.54) is 11.1 Å². The number of nitrogens with one attached hydrogen (secondary N) is 1. The number of fused-ring (bicyclic) bond motifs is 1. The van der Waals surface area contributed by atoms with Crippen molar-refractivity contribution in [3.05, 3.63) is 77.6 Å². The zero-order chi connectivity index (χ0) is 25.1. The van der Waals surface area contributed by atoms with Gasteiger partial charge in [0.05, 0.1) is 27.6 Å². The van der Waals surface area contributed by atoms with E-state index in [4.69, 9.17) is 18.6 Å². The Labute approximate surface area is 205 Å². The van der Waals surface area contributed by atoms with Crippen LogP contribution in [-0.2, 0) is 4.79 Å². The van der Waals surface area contributed by atoms with Gasteiger partial charge in [0.25, 0.3) is 0 Å². The first-order chi connectivity index (χ1) is 16.8. The maximum absolute atomic E-state index is 12.8. The van der Waals surface area contributed by atoms with Crippen LogP contribution in [0.2, 0.25) is 0 Å². The van der Waals surface area contributed by atoms with Crippen molar-refractivity contribution in [3.63, 3.8) is 0 Å². The van der Waals surface area contributed by atoms with Crippen molar-refractivity contribution in [1.29, 1.82) is 0 Å². The highest BCUT2D eigenvalue weighted by Gasteiger charge is 2.16. The smallest absolute Gasteiger partial charge is 0.248 e. The van der Waals surface area contributed by atoms with E-state index < -0.39 is 0 Å². The van der Waals surface area contributed by atoms with Crippen molar-refractivity contribution in [3.8, 4) is 28.4 Å². The highest BCUT2D eigenvalue weighted by molar-refractivity contribution is 6.05. The molecule has 0 bridgehead atoms. The van der Waals surface area contributed by atoms with Gasteiger partial charge in [0, 0.05) is 40.4 Å². The standard InChI is InChI=1S/C29H29NO5/c1-17-7-9-21(18(2)11-17)24-16-35-27-15-26(33-5)22(14-23(24)27)19(3)12-29(31)30-20-8-10-25(32-4)28(13-20)34-6/h7-16H,1-6H3,(H,30,31)/b19-12+. The van der Waals surface area contributed by atoms with E-state index in [1.54, 1.807) is 51.9 Å². The zero-order valence-electron chi connectivity index (χ0n) is 20.8. The Morgan fingerprint density at radius 2 is 1.60 bits per heavy atom. The summed E-state index contributed by atoms with van der Waals surface area (Å²) in [5.74, 6) is 1.50. The summed E-state index contributed by atoms with van der Waals surface area (Å²) in [4.78, 5) is 12.8. The highest BCUT2D eigenvalue weighted by Crippen LogP contribution is 2.38. The number of amides is 1. The number of furan rings is 1. The molecule has 6 nitrogen and oxygen atoms in total. The van der Waals surface area contributed by atoms with Crippen molar-refractivity contribution < 1.29 is 23.4 Å². The van der Waals surface area contributed by atoms with Gasteiger partial charge in [0.2, 0.25) is 5.91 Å². The molecule has 0 unspecified atom stereocenters. The van der Waals surface area contributed by atoms with E-state index in [1.807, 2.05) is 19.1 Å². The second kappa shape index (κ2) is 9.97. The Morgan fingerprint density at radius 3 is 2.29 bits per heavy atom. The molecular formula is C29H29NO5. The number of anilines is 1. The van der Waals surface area contributed by atoms with Crippen LogP contribution in [0.15, 0.2) is 65.3 Å². The molecule has 1 heterocycles. The first-order valence-corrected chi connectivity index (χ1v) is 11.2. The van der Waals surface area contributed by atoms with E-state index >= 15 is 0 Å². The van der Waals surface area contributed by atoms with E-state index in [0.29, 0.717) is 22.9 Å². The number of hydrogen-bond acceptors (Lipinski definition) is 5. The average Bonchev–Trinajstić information content (AvgIpc) is 3.25. The number of aryl methyl sites for hydroxylation is 2. The van der Waals surface area contributed by atoms with Crippen molar-refractivity contribution in [1.82, 2.24) is 0 Å². The van der Waals surface area contributed by atoms with Crippen molar-refractivity contribution >= 4 is 28.1 Å². The van der Waals surface area contributed by atoms with Crippen LogP contribution >= 0.6 is 0 Å². The molecule has 0 atom stereocenters. The summed E-state index contributed by atoms with van der Waals surface area (Å²) in [7, 11) is 4.73. The van der Waals surface area contributed by atoms with Crippen LogP contribution in [0.4, 0.5) is 5.69 Å². The average molecular weight is 472 g/mol. The number of rotatable bonds is 7. The molecule has 0 spiro atoms. The van der Waals surface area contributed by atoms with Gasteiger partial charge in [-0.3, -0.25) is 4.79 Å². The van der Waals surface area contributed by atoms with Gasteiger partial charge in [-0.05, 0) is 55.7 Å². The lowest BCUT2D eigenvalue weighted by molar-refractivity contribution is -0.111. The summed E-state index contributed by atoms with van der Waals surface area (Å²) in [6, 6.07) is 15.5. The predicted octanol–water partition coefficient (Wildman–Crippen LogP) is 6.78. The van der Waals surface area contributed by atoms with Gasteiger partial charge >= 0.3 is 0 Å². The molecule has 0 aliphatic heterocycles. The maximum atomic E-state index is 12.8. The number of methoxy groups -OCH3 is 3. The Kier molecular flexibility index (Phi) is 6.82. The Hall–Kier alpha value is -4.19. The summed E-state index contributed by atoms with van der Waals surface area (Å²) < 4.78 is 22.1. The number of hydrogen-bond donors (Lipinski definition) is 1. The molecule has 3 aromatic carbocycles. The fraction of sp³-hybridized carbons (Fsp3) is 0.207. The van der Waals surface area contributed by atoms with Gasteiger partial charge in [0.1, 0.15) is 11.3 Å². The first kappa shape index (κ1) is 24.0. The van der Waals surface area contributed by atoms with Crippen LogP contribution in [0, 0.1) is 13.8 Å². The number of allylic oxidation sites excluding steroid dienone is 1. The molecule has 4 rings (SSSR count). The van der Waals surface area contributed by atoms with Crippen LogP contribution < -0.4 is 19.5 Å². The lowest BCUT2D eigenvalue weighted by atomic mass is 9.96. The van der Waals surface area contributed by atoms with Crippen LogP contribution in [-0.4, -0.2) is 27.2 Å². The monoisotopic (exact) mass is 471 g/mol. The van der Waals surface area contributed by atoms with Crippen LogP contribution in [0.5, 0.6) is 17.2 Å². The number of carbonyl (C=O) groups is 1. The SMILES string of the molecule is COc1ccc(NC(=O)/C=C(\C)c2cc3c(-c4ccc(C)cc4C)coc3cc2OC)cc1OC. The minimum absolute atomic E-state index is 0.265. The summed E-state index contributed by atoms with van der Waals surface area (Å²) in [6.07, 6.45) is 3.33. The molecule has 0 saturated carbocycles. The Bertz CT molecular complexity index is 1430. The molecule has 35 heavy (non-hydrogen) atoms. The highest BCUT2D eigenvalue weighted by atomic mass is 16.5. The molecule has 180 valence electrons. The molecule has 0 radical (unpaired) electrons. The van der Waals surface area contributed by atoms with E-state index in [0.717, 1.165) is 33.2 Å². The van der Waals surface area contributed by atoms with Crippen molar-refractivity contribution in [2.75, 3.05) is 26.6 Å². The van der Waals surface area contributed by atoms with Crippen molar-refractivity contribution in [2.24, 2.45) is 0 Å². The Morgan fingerprint density at radius 1 is 0.857 bits per heavy atom. The van der Waals surface area contributed by atoms with E-state index in [2.05, 4.69) is 37.4 Å². The second-order valence-electron chi connectivity index (χ2n) is 8.40. The predicted molar refractivity (Wildman–Crippen MR) is 140 cm³/mol. The topological polar surface area (TPSA) is 69.9 Å². The van der Waals surface area contributed by atoms with Crippen LogP contribution in [0.25, 0.3) is 27.7 Å². The maximum Gasteiger partial charge on any atom is 0.248 e. The fourth-order valence-electron chi connectivity index (χ4n) is 4.22. The molecule has 0 saturated heterocycles. The molecule has 6 heteroatoms. The van der Waals surface area contributed by atoms with Crippen molar-refractivity contribution in [2.45, 2.75) is 20.8 Å².